The maximum Gasteiger partial charge on any atom is 0.325 e. The predicted octanol–water partition coefficient (Wildman–Crippen LogP) is 0.269. The quantitative estimate of drug-likeness (QED) is 0.540. The van der Waals surface area contributed by atoms with Crippen LogP contribution in [0.15, 0.2) is 0 Å². The van der Waals surface area contributed by atoms with Gasteiger partial charge in [-0.15, -0.1) is 12.3 Å². The fourth-order valence-corrected chi connectivity index (χ4v) is 2.31. The summed E-state index contributed by atoms with van der Waals surface area (Å²) in [5.74, 6) is 1.59. The van der Waals surface area contributed by atoms with Crippen LogP contribution in [0.3, 0.4) is 0 Å². The molecule has 1 N–H and O–H groups in total. The molecule has 2 unspecified atom stereocenters. The van der Waals surface area contributed by atoms with Crippen LogP contribution >= 0.6 is 0 Å². The third-order valence-electron chi connectivity index (χ3n) is 2.19. The molecule has 0 aromatic rings. The third-order valence-corrected chi connectivity index (χ3v) is 3.97. The molecule has 0 spiro atoms. The van der Waals surface area contributed by atoms with Crippen molar-refractivity contribution in [1.29, 1.82) is 0 Å². The maximum absolute atomic E-state index is 11.7. The molecule has 0 radical (unpaired) electrons. The Bertz CT molecular complexity index is 369. The zero-order chi connectivity index (χ0) is 12.8. The number of sulfonamides is 1. The molecule has 0 saturated carbocycles. The maximum atomic E-state index is 11.7. The second-order valence-corrected chi connectivity index (χ2v) is 5.37. The van der Waals surface area contributed by atoms with Crippen LogP contribution < -0.4 is 4.72 Å². The summed E-state index contributed by atoms with van der Waals surface area (Å²) in [6, 6.07) is -0.345. The third kappa shape index (κ3) is 4.21. The average molecular weight is 247 g/mol. The van der Waals surface area contributed by atoms with Crippen LogP contribution in [-0.2, 0) is 19.6 Å². The molecule has 0 amide bonds. The molecule has 0 aromatic carbocycles. The van der Waals surface area contributed by atoms with E-state index in [9.17, 15) is 13.2 Å². The van der Waals surface area contributed by atoms with Gasteiger partial charge in [0, 0.05) is 12.5 Å². The van der Waals surface area contributed by atoms with E-state index in [1.807, 2.05) is 6.92 Å². The Labute approximate surface area is 96.6 Å². The summed E-state index contributed by atoms with van der Waals surface area (Å²) in [6.45, 7) is 3.09. The van der Waals surface area contributed by atoms with Gasteiger partial charge in [0.2, 0.25) is 10.0 Å². The van der Waals surface area contributed by atoms with Crippen LogP contribution in [0.4, 0.5) is 0 Å². The Morgan fingerprint density at radius 2 is 2.12 bits per heavy atom. The van der Waals surface area contributed by atoms with Crippen molar-refractivity contribution in [3.05, 3.63) is 0 Å². The second kappa shape index (κ2) is 6.51. The molecule has 0 fully saturated rings. The largest absolute Gasteiger partial charge is 0.468 e. The Morgan fingerprint density at radius 3 is 2.50 bits per heavy atom. The number of terminal acetylenes is 1. The fraction of sp³-hybridized carbons (Fsp3) is 0.700. The molecule has 6 heteroatoms. The molecular weight excluding hydrogens is 230 g/mol. The van der Waals surface area contributed by atoms with E-state index in [0.717, 1.165) is 7.11 Å². The van der Waals surface area contributed by atoms with Crippen molar-refractivity contribution in [2.45, 2.75) is 38.0 Å². The highest BCUT2D eigenvalue weighted by Crippen LogP contribution is 2.05. The van der Waals surface area contributed by atoms with Crippen molar-refractivity contribution < 1.29 is 17.9 Å². The van der Waals surface area contributed by atoms with E-state index in [4.69, 9.17) is 6.42 Å². The number of hydrogen-bond donors (Lipinski definition) is 1. The van der Waals surface area contributed by atoms with Crippen molar-refractivity contribution >= 4 is 16.0 Å². The van der Waals surface area contributed by atoms with E-state index in [2.05, 4.69) is 15.4 Å². The lowest BCUT2D eigenvalue weighted by Crippen LogP contribution is -2.43. The van der Waals surface area contributed by atoms with Crippen LogP contribution in [0.5, 0.6) is 0 Å². The van der Waals surface area contributed by atoms with E-state index in [1.54, 1.807) is 0 Å². The minimum atomic E-state index is -3.73. The van der Waals surface area contributed by atoms with Crippen molar-refractivity contribution in [2.24, 2.45) is 0 Å². The molecule has 2 atom stereocenters. The van der Waals surface area contributed by atoms with Gasteiger partial charge < -0.3 is 4.74 Å². The number of nitrogens with one attached hydrogen (secondary N) is 1. The number of carbonyl (C=O) groups is 1. The molecule has 5 nitrogen and oxygen atoms in total. The van der Waals surface area contributed by atoms with Crippen LogP contribution in [-0.4, -0.2) is 32.8 Å². The normalized spacial score (nSPS) is 14.9. The molecule has 0 heterocycles. The highest BCUT2D eigenvalue weighted by atomic mass is 32.2. The predicted molar refractivity (Wildman–Crippen MR) is 61.1 cm³/mol. The van der Waals surface area contributed by atoms with Gasteiger partial charge in [0.15, 0.2) is 5.25 Å². The number of rotatable bonds is 6. The van der Waals surface area contributed by atoms with Gasteiger partial charge in [0.05, 0.1) is 7.11 Å². The lowest BCUT2D eigenvalue weighted by molar-refractivity contribution is -0.139. The first-order valence-electron chi connectivity index (χ1n) is 4.91. The highest BCUT2D eigenvalue weighted by molar-refractivity contribution is 7.90. The smallest absolute Gasteiger partial charge is 0.325 e. The van der Waals surface area contributed by atoms with Gasteiger partial charge in [0.1, 0.15) is 0 Å². The molecule has 0 rings (SSSR count). The standard InChI is InChI=1S/C10H17NO4S/c1-5-7-9(6-2)11-16(13,14)8(3)10(12)15-4/h1,8-9,11H,6-7H2,2-4H3. The minimum Gasteiger partial charge on any atom is -0.468 e. The van der Waals surface area contributed by atoms with Crippen LogP contribution in [0.2, 0.25) is 0 Å². The zero-order valence-electron chi connectivity index (χ0n) is 9.69. The molecule has 16 heavy (non-hydrogen) atoms. The fourth-order valence-electron chi connectivity index (χ4n) is 1.04. The number of ether oxygens (including phenoxy) is 1. The first-order valence-corrected chi connectivity index (χ1v) is 6.46. The van der Waals surface area contributed by atoms with E-state index in [-0.39, 0.29) is 6.04 Å². The van der Waals surface area contributed by atoms with Crippen molar-refractivity contribution in [3.8, 4) is 12.3 Å². The molecular formula is C10H17NO4S. The summed E-state index contributed by atoms with van der Waals surface area (Å²) in [5.41, 5.74) is 0. The summed E-state index contributed by atoms with van der Waals surface area (Å²) in [6.07, 6.45) is 5.97. The van der Waals surface area contributed by atoms with Crippen LogP contribution in [0.1, 0.15) is 26.7 Å². The summed E-state index contributed by atoms with van der Waals surface area (Å²) in [4.78, 5) is 11.1. The zero-order valence-corrected chi connectivity index (χ0v) is 10.5. The molecule has 0 saturated heterocycles. The van der Waals surface area contributed by atoms with Crippen LogP contribution in [0.25, 0.3) is 0 Å². The molecule has 0 aromatic heterocycles. The first kappa shape index (κ1) is 14.9. The lowest BCUT2D eigenvalue weighted by atomic mass is 10.2. The van der Waals surface area contributed by atoms with E-state index < -0.39 is 21.2 Å². The Kier molecular flexibility index (Phi) is 6.08. The summed E-state index contributed by atoms with van der Waals surface area (Å²) >= 11 is 0. The van der Waals surface area contributed by atoms with Gasteiger partial charge in [-0.05, 0) is 13.3 Å². The molecule has 0 aliphatic heterocycles. The monoisotopic (exact) mass is 247 g/mol. The van der Waals surface area contributed by atoms with Gasteiger partial charge in [0.25, 0.3) is 0 Å². The van der Waals surface area contributed by atoms with Gasteiger partial charge >= 0.3 is 5.97 Å². The highest BCUT2D eigenvalue weighted by Gasteiger charge is 2.30. The number of methoxy groups -OCH3 is 1. The summed E-state index contributed by atoms with van der Waals surface area (Å²) < 4.78 is 30.2. The van der Waals surface area contributed by atoms with Gasteiger partial charge in [-0.2, -0.15) is 0 Å². The lowest BCUT2D eigenvalue weighted by Gasteiger charge is -2.17. The molecule has 0 aliphatic rings. The first-order chi connectivity index (χ1) is 7.38. The van der Waals surface area contributed by atoms with Crippen molar-refractivity contribution in [3.63, 3.8) is 0 Å². The van der Waals surface area contributed by atoms with E-state index >= 15 is 0 Å². The Hall–Kier alpha value is -1.06. The van der Waals surface area contributed by atoms with E-state index in [0.29, 0.717) is 12.8 Å². The van der Waals surface area contributed by atoms with Gasteiger partial charge in [-0.25, -0.2) is 13.1 Å². The number of hydrogen-bond acceptors (Lipinski definition) is 4. The molecule has 92 valence electrons. The van der Waals surface area contributed by atoms with Crippen molar-refractivity contribution in [2.75, 3.05) is 7.11 Å². The van der Waals surface area contributed by atoms with Gasteiger partial charge in [-0.1, -0.05) is 6.92 Å². The second-order valence-electron chi connectivity index (χ2n) is 3.34. The Balaban J connectivity index is 4.68. The summed E-state index contributed by atoms with van der Waals surface area (Å²) in [5, 5.41) is -1.23. The summed E-state index contributed by atoms with van der Waals surface area (Å²) in [7, 11) is -2.58. The SMILES string of the molecule is C#CCC(CC)NS(=O)(=O)C(C)C(=O)OC. The van der Waals surface area contributed by atoms with Gasteiger partial charge in [-0.3, -0.25) is 4.79 Å². The molecule has 0 aliphatic carbocycles. The minimum absolute atomic E-state index is 0.295. The number of esters is 1. The van der Waals surface area contributed by atoms with Crippen LogP contribution in [0, 0.1) is 12.3 Å². The van der Waals surface area contributed by atoms with Crippen molar-refractivity contribution in [1.82, 2.24) is 4.72 Å². The van der Waals surface area contributed by atoms with E-state index in [1.165, 1.54) is 6.92 Å². The topological polar surface area (TPSA) is 72.5 Å². The molecule has 0 bridgehead atoms. The average Bonchev–Trinajstić information content (AvgIpc) is 2.26. The number of carbonyl (C=O) groups excluding carboxylic acids is 1. The Morgan fingerprint density at radius 1 is 1.56 bits per heavy atom.